The van der Waals surface area contributed by atoms with Gasteiger partial charge in [-0.25, -0.2) is 13.4 Å². The van der Waals surface area contributed by atoms with Crippen LogP contribution in [0.15, 0.2) is 35.5 Å². The van der Waals surface area contributed by atoms with Crippen molar-refractivity contribution in [2.75, 3.05) is 0 Å². The summed E-state index contributed by atoms with van der Waals surface area (Å²) in [7, 11) is 1.44. The normalized spacial score (nSPS) is 11.6. The van der Waals surface area contributed by atoms with E-state index < -0.39 is 9.05 Å². The van der Waals surface area contributed by atoms with Gasteiger partial charge in [0, 0.05) is 34.6 Å². The molecular formula is C12H12Cl2N2O3S. The maximum atomic E-state index is 11.5. The van der Waals surface area contributed by atoms with Crippen LogP contribution in [0.5, 0.6) is 5.75 Å². The Morgan fingerprint density at radius 2 is 2.15 bits per heavy atom. The first-order valence-electron chi connectivity index (χ1n) is 5.79. The standard InChI is InChI=1S/C12H12Cl2N2O3S/c1-2-16-6-5-15-12(16)8-19-10-4-3-9(13)7-11(10)20(14,17)18/h3-7H,2,8H2,1H3. The summed E-state index contributed by atoms with van der Waals surface area (Å²) < 4.78 is 30.4. The molecule has 8 heteroatoms. The predicted molar refractivity (Wildman–Crippen MR) is 76.7 cm³/mol. The van der Waals surface area contributed by atoms with Gasteiger partial charge in [-0.2, -0.15) is 0 Å². The third-order valence-electron chi connectivity index (χ3n) is 2.67. The van der Waals surface area contributed by atoms with Crippen molar-refractivity contribution in [3.63, 3.8) is 0 Å². The highest BCUT2D eigenvalue weighted by Gasteiger charge is 2.18. The minimum atomic E-state index is -3.93. The van der Waals surface area contributed by atoms with Gasteiger partial charge in [-0.1, -0.05) is 11.6 Å². The number of nitrogens with zero attached hydrogens (tertiary/aromatic N) is 2. The molecule has 108 valence electrons. The van der Waals surface area contributed by atoms with E-state index in [0.717, 1.165) is 6.54 Å². The van der Waals surface area contributed by atoms with Gasteiger partial charge in [0.1, 0.15) is 23.1 Å². The molecule has 20 heavy (non-hydrogen) atoms. The Balaban J connectivity index is 2.26. The molecule has 2 rings (SSSR count). The first-order chi connectivity index (χ1) is 9.41. The molecule has 1 aromatic heterocycles. The zero-order valence-corrected chi connectivity index (χ0v) is 12.9. The summed E-state index contributed by atoms with van der Waals surface area (Å²) in [6.07, 6.45) is 3.48. The average molecular weight is 335 g/mol. The van der Waals surface area contributed by atoms with Gasteiger partial charge in [-0.05, 0) is 25.1 Å². The number of aromatic nitrogens is 2. The van der Waals surface area contributed by atoms with Gasteiger partial charge in [-0.15, -0.1) is 0 Å². The van der Waals surface area contributed by atoms with Crippen LogP contribution in [-0.4, -0.2) is 18.0 Å². The van der Waals surface area contributed by atoms with Gasteiger partial charge in [0.05, 0.1) is 0 Å². The van der Waals surface area contributed by atoms with E-state index >= 15 is 0 Å². The molecule has 0 fully saturated rings. The minimum Gasteiger partial charge on any atom is -0.484 e. The molecule has 0 bridgehead atoms. The zero-order chi connectivity index (χ0) is 14.8. The van der Waals surface area contributed by atoms with Gasteiger partial charge in [0.15, 0.2) is 0 Å². The molecule has 0 aliphatic carbocycles. The molecule has 0 unspecified atom stereocenters. The average Bonchev–Trinajstić information content (AvgIpc) is 2.83. The fourth-order valence-corrected chi connectivity index (χ4v) is 2.94. The highest BCUT2D eigenvalue weighted by atomic mass is 35.7. The van der Waals surface area contributed by atoms with Crippen LogP contribution in [0.1, 0.15) is 12.7 Å². The van der Waals surface area contributed by atoms with Gasteiger partial charge in [0.2, 0.25) is 0 Å². The second-order valence-electron chi connectivity index (χ2n) is 3.95. The molecule has 0 atom stereocenters. The number of halogens is 2. The van der Waals surface area contributed by atoms with Crippen LogP contribution in [0.4, 0.5) is 0 Å². The fraction of sp³-hybridized carbons (Fsp3) is 0.250. The summed E-state index contributed by atoms with van der Waals surface area (Å²) in [4.78, 5) is 3.99. The van der Waals surface area contributed by atoms with Gasteiger partial charge < -0.3 is 9.30 Å². The Hall–Kier alpha value is -1.24. The molecule has 0 radical (unpaired) electrons. The monoisotopic (exact) mass is 334 g/mol. The fourth-order valence-electron chi connectivity index (χ4n) is 1.70. The van der Waals surface area contributed by atoms with Crippen LogP contribution in [0.2, 0.25) is 5.02 Å². The number of aryl methyl sites for hydroxylation is 1. The number of hydrogen-bond acceptors (Lipinski definition) is 4. The quantitative estimate of drug-likeness (QED) is 0.788. The molecule has 0 aliphatic heterocycles. The first-order valence-corrected chi connectivity index (χ1v) is 8.47. The van der Waals surface area contributed by atoms with Crippen LogP contribution < -0.4 is 4.74 Å². The number of hydrogen-bond donors (Lipinski definition) is 0. The van der Waals surface area contributed by atoms with E-state index in [0.29, 0.717) is 5.82 Å². The topological polar surface area (TPSA) is 61.2 Å². The summed E-state index contributed by atoms with van der Waals surface area (Å²) in [5.74, 6) is 0.843. The Morgan fingerprint density at radius 1 is 1.40 bits per heavy atom. The lowest BCUT2D eigenvalue weighted by atomic mass is 10.3. The lowest BCUT2D eigenvalue weighted by Gasteiger charge is -2.10. The van der Waals surface area contributed by atoms with Crippen LogP contribution in [-0.2, 0) is 22.2 Å². The largest absolute Gasteiger partial charge is 0.484 e. The van der Waals surface area contributed by atoms with Crippen LogP contribution in [0, 0.1) is 0 Å². The van der Waals surface area contributed by atoms with Crippen molar-refractivity contribution in [3.8, 4) is 5.75 Å². The molecule has 5 nitrogen and oxygen atoms in total. The smallest absolute Gasteiger partial charge is 0.265 e. The summed E-state index contributed by atoms with van der Waals surface area (Å²) >= 11 is 5.78. The van der Waals surface area contributed by atoms with Crippen LogP contribution in [0.3, 0.4) is 0 Å². The number of ether oxygens (including phenoxy) is 1. The van der Waals surface area contributed by atoms with E-state index in [-0.39, 0.29) is 22.3 Å². The molecule has 0 aliphatic rings. The lowest BCUT2D eigenvalue weighted by Crippen LogP contribution is -2.07. The maximum absolute atomic E-state index is 11.5. The highest BCUT2D eigenvalue weighted by Crippen LogP contribution is 2.30. The summed E-state index contributed by atoms with van der Waals surface area (Å²) in [6.45, 7) is 2.87. The molecule has 0 N–H and O–H groups in total. The molecule has 0 amide bonds. The van der Waals surface area contributed by atoms with Crippen molar-refractivity contribution >= 4 is 31.3 Å². The summed E-state index contributed by atoms with van der Waals surface area (Å²) in [6, 6.07) is 4.26. The molecule has 0 spiro atoms. The number of imidazole rings is 1. The van der Waals surface area contributed by atoms with Crippen molar-refractivity contribution in [1.82, 2.24) is 9.55 Å². The third-order valence-corrected chi connectivity index (χ3v) is 4.25. The molecule has 1 heterocycles. The molecule has 0 saturated heterocycles. The molecular weight excluding hydrogens is 323 g/mol. The maximum Gasteiger partial charge on any atom is 0.265 e. The van der Waals surface area contributed by atoms with Crippen LogP contribution >= 0.6 is 22.3 Å². The van der Waals surface area contributed by atoms with E-state index in [9.17, 15) is 8.42 Å². The second-order valence-corrected chi connectivity index (χ2v) is 6.92. The van der Waals surface area contributed by atoms with E-state index in [1.54, 1.807) is 6.20 Å². The number of benzene rings is 1. The predicted octanol–water partition coefficient (Wildman–Crippen LogP) is 3.06. The van der Waals surface area contributed by atoms with E-state index in [1.807, 2.05) is 17.7 Å². The SMILES string of the molecule is CCn1ccnc1COc1ccc(Cl)cc1S(=O)(=O)Cl. The van der Waals surface area contributed by atoms with Gasteiger partial charge >= 0.3 is 0 Å². The summed E-state index contributed by atoms with van der Waals surface area (Å²) in [5.41, 5.74) is 0. The highest BCUT2D eigenvalue weighted by molar-refractivity contribution is 8.13. The minimum absolute atomic E-state index is 0.141. The van der Waals surface area contributed by atoms with Crippen LogP contribution in [0.25, 0.3) is 0 Å². The van der Waals surface area contributed by atoms with Crippen molar-refractivity contribution in [2.45, 2.75) is 25.0 Å². The molecule has 0 saturated carbocycles. The summed E-state index contributed by atoms with van der Waals surface area (Å²) in [5, 5.41) is 0.270. The Kier molecular flexibility index (Phi) is 4.57. The number of rotatable bonds is 5. The van der Waals surface area contributed by atoms with E-state index in [1.165, 1.54) is 18.2 Å². The molecule has 2 aromatic rings. The Morgan fingerprint density at radius 3 is 2.80 bits per heavy atom. The first kappa shape index (κ1) is 15.2. The Labute approximate surface area is 126 Å². The van der Waals surface area contributed by atoms with E-state index in [2.05, 4.69) is 4.98 Å². The van der Waals surface area contributed by atoms with Gasteiger partial charge in [-0.3, -0.25) is 0 Å². The van der Waals surface area contributed by atoms with Crippen molar-refractivity contribution in [2.24, 2.45) is 0 Å². The zero-order valence-electron chi connectivity index (χ0n) is 10.6. The second kappa shape index (κ2) is 6.03. The lowest BCUT2D eigenvalue weighted by molar-refractivity contribution is 0.282. The Bertz CT molecular complexity index is 713. The molecule has 1 aromatic carbocycles. The van der Waals surface area contributed by atoms with Crippen molar-refractivity contribution in [3.05, 3.63) is 41.4 Å². The van der Waals surface area contributed by atoms with Gasteiger partial charge in [0.25, 0.3) is 9.05 Å². The van der Waals surface area contributed by atoms with E-state index in [4.69, 9.17) is 27.0 Å². The van der Waals surface area contributed by atoms with Crippen molar-refractivity contribution < 1.29 is 13.2 Å². The van der Waals surface area contributed by atoms with Crippen molar-refractivity contribution in [1.29, 1.82) is 0 Å². The third kappa shape index (κ3) is 3.45.